The van der Waals surface area contributed by atoms with E-state index in [1.165, 1.54) is 18.5 Å². The molecule has 170 valence electrons. The molecule has 1 aromatic carbocycles. The molecular weight excluding hydrogens is 428 g/mol. The fourth-order valence-electron chi connectivity index (χ4n) is 3.56. The minimum atomic E-state index is -0.749. The molecular formula is C24H23F2N5O2. The number of alkyl carbamates (subject to hydrolysis) is 1. The Balaban J connectivity index is 1.75. The summed E-state index contributed by atoms with van der Waals surface area (Å²) in [7, 11) is 0. The van der Waals surface area contributed by atoms with E-state index in [1.54, 1.807) is 39.4 Å². The molecule has 3 heterocycles. The molecule has 0 saturated carbocycles. The standard InChI is InChI=1S/C24H23F2N5O2/c1-24(2,3)33-23(32)31-20(8-14-6-17(25)10-18(26)7-14)21-19(12-27-13-30-21)16-9-15-4-5-28-22(15)29-11-16/h4-7,9-13,20H,8H2,1-3H3,(H,28,29)(H,31,32). The van der Waals surface area contributed by atoms with Crippen LogP contribution in [0.3, 0.4) is 0 Å². The third kappa shape index (κ3) is 5.49. The van der Waals surface area contributed by atoms with Gasteiger partial charge in [0.25, 0.3) is 0 Å². The zero-order valence-electron chi connectivity index (χ0n) is 18.4. The van der Waals surface area contributed by atoms with Crippen LogP contribution in [0.2, 0.25) is 0 Å². The molecule has 0 aliphatic heterocycles. The number of amides is 1. The maximum absolute atomic E-state index is 13.8. The van der Waals surface area contributed by atoms with E-state index < -0.39 is 29.4 Å². The van der Waals surface area contributed by atoms with Crippen LogP contribution in [0.1, 0.15) is 38.1 Å². The second kappa shape index (κ2) is 8.93. The molecule has 0 bridgehead atoms. The number of carbonyl (C=O) groups excluding carboxylic acids is 1. The van der Waals surface area contributed by atoms with E-state index in [-0.39, 0.29) is 6.42 Å². The summed E-state index contributed by atoms with van der Waals surface area (Å²) < 4.78 is 33.1. The summed E-state index contributed by atoms with van der Waals surface area (Å²) in [6.45, 7) is 5.24. The first-order valence-corrected chi connectivity index (χ1v) is 10.4. The zero-order chi connectivity index (χ0) is 23.6. The van der Waals surface area contributed by atoms with Gasteiger partial charge in [-0.2, -0.15) is 0 Å². The number of rotatable bonds is 5. The maximum Gasteiger partial charge on any atom is 0.408 e. The Kier molecular flexibility index (Phi) is 6.04. The van der Waals surface area contributed by atoms with Crippen molar-refractivity contribution in [3.8, 4) is 11.1 Å². The van der Waals surface area contributed by atoms with Gasteiger partial charge in [-0.1, -0.05) is 0 Å². The van der Waals surface area contributed by atoms with Gasteiger partial charge in [0.2, 0.25) is 0 Å². The van der Waals surface area contributed by atoms with Gasteiger partial charge in [-0.05, 0) is 57.0 Å². The molecule has 4 aromatic rings. The Labute approximate surface area is 189 Å². The number of hydrogen-bond donors (Lipinski definition) is 2. The lowest BCUT2D eigenvalue weighted by Gasteiger charge is -2.24. The summed E-state index contributed by atoms with van der Waals surface area (Å²) in [4.78, 5) is 28.6. The number of benzene rings is 1. The number of halogens is 2. The predicted octanol–water partition coefficient (Wildman–Crippen LogP) is 5.11. The highest BCUT2D eigenvalue weighted by atomic mass is 19.1. The van der Waals surface area contributed by atoms with Crippen molar-refractivity contribution >= 4 is 17.1 Å². The van der Waals surface area contributed by atoms with Gasteiger partial charge >= 0.3 is 6.09 Å². The molecule has 3 aromatic heterocycles. The topological polar surface area (TPSA) is 92.8 Å². The number of ether oxygens (including phenoxy) is 1. The smallest absolute Gasteiger partial charge is 0.408 e. The maximum atomic E-state index is 13.8. The van der Waals surface area contributed by atoms with E-state index >= 15 is 0 Å². The molecule has 4 rings (SSSR count). The fourth-order valence-corrected chi connectivity index (χ4v) is 3.56. The Morgan fingerprint density at radius 2 is 1.88 bits per heavy atom. The summed E-state index contributed by atoms with van der Waals surface area (Å²) in [5, 5.41) is 3.69. The number of aromatic amines is 1. The Bertz CT molecular complexity index is 1280. The van der Waals surface area contributed by atoms with E-state index in [4.69, 9.17) is 4.74 Å². The number of hydrogen-bond acceptors (Lipinski definition) is 5. The van der Waals surface area contributed by atoms with E-state index in [9.17, 15) is 13.6 Å². The minimum Gasteiger partial charge on any atom is -0.444 e. The lowest BCUT2D eigenvalue weighted by Crippen LogP contribution is -2.36. The molecule has 0 fully saturated rings. The quantitative estimate of drug-likeness (QED) is 0.440. The summed E-state index contributed by atoms with van der Waals surface area (Å²) in [6, 6.07) is 6.31. The molecule has 0 spiro atoms. The number of nitrogens with zero attached hydrogens (tertiary/aromatic N) is 3. The van der Waals surface area contributed by atoms with Gasteiger partial charge in [0.1, 0.15) is 29.2 Å². The van der Waals surface area contributed by atoms with Gasteiger partial charge in [-0.15, -0.1) is 0 Å². The highest BCUT2D eigenvalue weighted by Gasteiger charge is 2.25. The molecule has 0 aliphatic rings. The fraction of sp³-hybridized carbons (Fsp3) is 0.250. The average Bonchev–Trinajstić information content (AvgIpc) is 3.19. The lowest BCUT2D eigenvalue weighted by atomic mass is 9.97. The molecule has 0 radical (unpaired) electrons. The SMILES string of the molecule is CC(C)(C)OC(=O)NC(Cc1cc(F)cc(F)c1)c1ncncc1-c1cnc2[nH]ccc2c1. The molecule has 2 N–H and O–H groups in total. The van der Waals surface area contributed by atoms with Crippen molar-refractivity contribution in [3.63, 3.8) is 0 Å². The molecule has 0 saturated heterocycles. The van der Waals surface area contributed by atoms with Crippen molar-refractivity contribution in [2.75, 3.05) is 0 Å². The normalized spacial score (nSPS) is 12.5. The molecule has 7 nitrogen and oxygen atoms in total. The monoisotopic (exact) mass is 451 g/mol. The predicted molar refractivity (Wildman–Crippen MR) is 119 cm³/mol. The third-order valence-corrected chi connectivity index (χ3v) is 4.84. The van der Waals surface area contributed by atoms with Crippen LogP contribution in [-0.2, 0) is 11.2 Å². The molecule has 0 aliphatic carbocycles. The summed E-state index contributed by atoms with van der Waals surface area (Å²) in [5.74, 6) is -1.41. The summed E-state index contributed by atoms with van der Waals surface area (Å²) >= 11 is 0. The van der Waals surface area contributed by atoms with Crippen molar-refractivity contribution < 1.29 is 18.3 Å². The van der Waals surface area contributed by atoms with Crippen molar-refractivity contribution in [1.29, 1.82) is 0 Å². The molecule has 1 atom stereocenters. The zero-order valence-corrected chi connectivity index (χ0v) is 18.4. The summed E-state index contributed by atoms with van der Waals surface area (Å²) in [5.41, 5.74) is 2.20. The van der Waals surface area contributed by atoms with E-state index in [2.05, 4.69) is 25.3 Å². The van der Waals surface area contributed by atoms with Gasteiger partial charge in [-0.3, -0.25) is 0 Å². The van der Waals surface area contributed by atoms with Crippen LogP contribution in [0, 0.1) is 11.6 Å². The van der Waals surface area contributed by atoms with E-state index in [1.807, 2.05) is 12.1 Å². The second-order valence-electron chi connectivity index (χ2n) is 8.64. The number of nitrogens with one attached hydrogen (secondary N) is 2. The van der Waals surface area contributed by atoms with Crippen LogP contribution in [0.25, 0.3) is 22.2 Å². The van der Waals surface area contributed by atoms with Crippen LogP contribution in [0.5, 0.6) is 0 Å². The Hall–Kier alpha value is -3.88. The van der Waals surface area contributed by atoms with Crippen LogP contribution < -0.4 is 5.32 Å². The number of carbonyl (C=O) groups is 1. The molecule has 1 amide bonds. The second-order valence-corrected chi connectivity index (χ2v) is 8.64. The van der Waals surface area contributed by atoms with Crippen molar-refractivity contribution in [2.24, 2.45) is 0 Å². The van der Waals surface area contributed by atoms with Gasteiger partial charge in [0.15, 0.2) is 0 Å². The van der Waals surface area contributed by atoms with Gasteiger partial charge < -0.3 is 15.0 Å². The first kappa shape index (κ1) is 22.3. The molecule has 9 heteroatoms. The van der Waals surface area contributed by atoms with Crippen molar-refractivity contribution in [2.45, 2.75) is 38.8 Å². The number of H-pyrrole nitrogens is 1. The number of fused-ring (bicyclic) bond motifs is 1. The Morgan fingerprint density at radius 1 is 1.12 bits per heavy atom. The molecule has 1 unspecified atom stereocenters. The average molecular weight is 451 g/mol. The van der Waals surface area contributed by atoms with E-state index in [0.29, 0.717) is 16.8 Å². The first-order chi connectivity index (χ1) is 15.7. The van der Waals surface area contributed by atoms with Crippen LogP contribution in [0.15, 0.2) is 55.2 Å². The third-order valence-electron chi connectivity index (χ3n) is 4.84. The highest BCUT2D eigenvalue weighted by Crippen LogP contribution is 2.30. The van der Waals surface area contributed by atoms with Crippen LogP contribution >= 0.6 is 0 Å². The lowest BCUT2D eigenvalue weighted by molar-refractivity contribution is 0.0502. The Morgan fingerprint density at radius 3 is 2.61 bits per heavy atom. The number of aromatic nitrogens is 4. The van der Waals surface area contributed by atoms with E-state index in [0.717, 1.165) is 22.7 Å². The highest BCUT2D eigenvalue weighted by molar-refractivity contribution is 5.82. The van der Waals surface area contributed by atoms with Crippen LogP contribution in [0.4, 0.5) is 13.6 Å². The molecule has 33 heavy (non-hydrogen) atoms. The van der Waals surface area contributed by atoms with Gasteiger partial charge in [0.05, 0.1) is 11.7 Å². The van der Waals surface area contributed by atoms with Crippen molar-refractivity contribution in [3.05, 3.63) is 78.1 Å². The number of pyridine rings is 1. The van der Waals surface area contributed by atoms with Crippen LogP contribution in [-0.4, -0.2) is 31.6 Å². The largest absolute Gasteiger partial charge is 0.444 e. The van der Waals surface area contributed by atoms with Crippen molar-refractivity contribution in [1.82, 2.24) is 25.3 Å². The minimum absolute atomic E-state index is 0.0811. The van der Waals surface area contributed by atoms with Gasteiger partial charge in [-0.25, -0.2) is 28.5 Å². The first-order valence-electron chi connectivity index (χ1n) is 10.4. The summed E-state index contributed by atoms with van der Waals surface area (Å²) in [6.07, 6.45) is 5.85. The van der Waals surface area contributed by atoms with Gasteiger partial charge in [0, 0.05) is 41.2 Å².